The number of aryl methyl sites for hydroxylation is 3. The lowest BCUT2D eigenvalue weighted by atomic mass is 10.2. The van der Waals surface area contributed by atoms with E-state index < -0.39 is 0 Å². The van der Waals surface area contributed by atoms with Gasteiger partial charge in [-0.25, -0.2) is 29.9 Å². The Hall–Kier alpha value is -4.92. The molecule has 0 amide bonds. The summed E-state index contributed by atoms with van der Waals surface area (Å²) in [5, 5.41) is 0. The second-order valence-electron chi connectivity index (χ2n) is 8.73. The highest BCUT2D eigenvalue weighted by Crippen LogP contribution is 2.29. The van der Waals surface area contributed by atoms with Gasteiger partial charge in [0.15, 0.2) is 16.9 Å². The summed E-state index contributed by atoms with van der Waals surface area (Å²) in [5.74, 6) is 2.55. The molecule has 0 fully saturated rings. The van der Waals surface area contributed by atoms with Gasteiger partial charge >= 0.3 is 0 Å². The van der Waals surface area contributed by atoms with Gasteiger partial charge in [0.05, 0.1) is 17.1 Å². The van der Waals surface area contributed by atoms with Crippen molar-refractivity contribution >= 4 is 33.5 Å². The molecule has 0 aliphatic heterocycles. The number of pyridine rings is 3. The van der Waals surface area contributed by atoms with E-state index in [1.165, 1.54) is 0 Å². The zero-order valence-electron chi connectivity index (χ0n) is 20.0. The molecule has 174 valence electrons. The van der Waals surface area contributed by atoms with Crippen LogP contribution < -0.4 is 0 Å². The quantitative estimate of drug-likeness (QED) is 0.367. The molecule has 0 aliphatic carbocycles. The SMILES string of the molecule is Cc1nc2cccnc2n1-c1cc(-n2c(C)nc3cccnc32)cc(-n2c(C)nc3cccnc32)c1. The molecule has 0 saturated heterocycles. The predicted octanol–water partition coefficient (Wildman–Crippen LogP) is 4.81. The molecule has 7 rings (SSSR count). The first kappa shape index (κ1) is 20.5. The van der Waals surface area contributed by atoms with Crippen LogP contribution in [0.5, 0.6) is 0 Å². The van der Waals surface area contributed by atoms with E-state index in [1.807, 2.05) is 57.2 Å². The third-order valence-electron chi connectivity index (χ3n) is 6.41. The molecule has 6 heterocycles. The Morgan fingerprint density at radius 1 is 0.472 bits per heavy atom. The summed E-state index contributed by atoms with van der Waals surface area (Å²) < 4.78 is 6.23. The molecule has 0 unspecified atom stereocenters. The van der Waals surface area contributed by atoms with Crippen molar-refractivity contribution in [1.82, 2.24) is 43.6 Å². The zero-order valence-corrected chi connectivity index (χ0v) is 20.0. The van der Waals surface area contributed by atoms with Crippen molar-refractivity contribution in [3.8, 4) is 17.1 Å². The summed E-state index contributed by atoms with van der Waals surface area (Å²) >= 11 is 0. The van der Waals surface area contributed by atoms with E-state index in [0.29, 0.717) is 0 Å². The van der Waals surface area contributed by atoms with Gasteiger partial charge in [-0.05, 0) is 75.4 Å². The van der Waals surface area contributed by atoms with Crippen LogP contribution in [0.25, 0.3) is 50.6 Å². The highest BCUT2D eigenvalue weighted by Gasteiger charge is 2.18. The molecule has 0 atom stereocenters. The molecule has 0 radical (unpaired) electrons. The largest absolute Gasteiger partial charge is 0.281 e. The number of benzene rings is 1. The van der Waals surface area contributed by atoms with E-state index in [-0.39, 0.29) is 0 Å². The fraction of sp³-hybridized carbons (Fsp3) is 0.111. The highest BCUT2D eigenvalue weighted by atomic mass is 15.2. The molecule has 36 heavy (non-hydrogen) atoms. The molecule has 9 nitrogen and oxygen atoms in total. The maximum atomic E-state index is 4.75. The molecule has 1 aromatic carbocycles. The van der Waals surface area contributed by atoms with Gasteiger partial charge in [-0.2, -0.15) is 0 Å². The molecule has 0 bridgehead atoms. The second-order valence-corrected chi connectivity index (χ2v) is 8.73. The standard InChI is InChI=1S/C27H21N9/c1-16-31-22-7-4-10-28-25(22)34(16)19-13-20(35-17(2)32-23-8-5-11-29-26(23)35)15-21(14-19)36-18(3)33-24-9-6-12-30-27(24)36/h4-15H,1-3H3. The summed E-state index contributed by atoms with van der Waals surface area (Å²) in [6, 6.07) is 18.0. The van der Waals surface area contributed by atoms with Gasteiger partial charge in [0, 0.05) is 18.6 Å². The summed E-state index contributed by atoms with van der Waals surface area (Å²) in [5.41, 5.74) is 7.72. The second kappa shape index (κ2) is 7.54. The van der Waals surface area contributed by atoms with E-state index in [4.69, 9.17) is 15.0 Å². The third-order valence-corrected chi connectivity index (χ3v) is 6.41. The minimum atomic E-state index is 0.800. The summed E-state index contributed by atoms with van der Waals surface area (Å²) in [4.78, 5) is 28.1. The Kier molecular flexibility index (Phi) is 4.28. The van der Waals surface area contributed by atoms with Crippen LogP contribution >= 0.6 is 0 Å². The van der Waals surface area contributed by atoms with Crippen molar-refractivity contribution in [1.29, 1.82) is 0 Å². The summed E-state index contributed by atoms with van der Waals surface area (Å²) in [6.45, 7) is 5.98. The minimum Gasteiger partial charge on any atom is -0.281 e. The Balaban J connectivity index is 1.58. The highest BCUT2D eigenvalue weighted by molar-refractivity contribution is 5.78. The topological polar surface area (TPSA) is 92.1 Å². The van der Waals surface area contributed by atoms with E-state index in [0.717, 1.165) is 68.0 Å². The Morgan fingerprint density at radius 3 is 1.08 bits per heavy atom. The van der Waals surface area contributed by atoms with E-state index in [9.17, 15) is 0 Å². The first-order valence-electron chi connectivity index (χ1n) is 11.6. The lowest BCUT2D eigenvalue weighted by molar-refractivity contribution is 0.939. The van der Waals surface area contributed by atoms with Crippen molar-refractivity contribution in [3.05, 3.63) is 90.7 Å². The van der Waals surface area contributed by atoms with Crippen molar-refractivity contribution in [2.75, 3.05) is 0 Å². The lowest BCUT2D eigenvalue weighted by Gasteiger charge is -2.15. The normalized spacial score (nSPS) is 11.8. The van der Waals surface area contributed by atoms with Crippen LogP contribution in [-0.4, -0.2) is 43.6 Å². The Labute approximate surface area is 205 Å². The molecule has 7 aromatic rings. The first-order chi connectivity index (χ1) is 17.6. The molecule has 0 saturated carbocycles. The van der Waals surface area contributed by atoms with Crippen LogP contribution in [0.1, 0.15) is 17.5 Å². The minimum absolute atomic E-state index is 0.800. The predicted molar refractivity (Wildman–Crippen MR) is 138 cm³/mol. The molecule has 6 aromatic heterocycles. The van der Waals surface area contributed by atoms with Gasteiger partial charge in [-0.15, -0.1) is 0 Å². The maximum absolute atomic E-state index is 4.75. The third kappa shape index (κ3) is 2.96. The van der Waals surface area contributed by atoms with E-state index >= 15 is 0 Å². The number of nitrogens with zero attached hydrogens (tertiary/aromatic N) is 9. The van der Waals surface area contributed by atoms with Crippen LogP contribution in [0.15, 0.2) is 73.2 Å². The Bertz CT molecular complexity index is 1700. The molecular formula is C27H21N9. The van der Waals surface area contributed by atoms with Gasteiger partial charge in [-0.3, -0.25) is 13.7 Å². The number of aromatic nitrogens is 9. The number of rotatable bonds is 3. The fourth-order valence-electron chi connectivity index (χ4n) is 4.97. The molecule has 9 heteroatoms. The maximum Gasteiger partial charge on any atom is 0.164 e. The van der Waals surface area contributed by atoms with Gasteiger partial charge < -0.3 is 0 Å². The molecule has 0 spiro atoms. The number of fused-ring (bicyclic) bond motifs is 3. The average Bonchev–Trinajstić information content (AvgIpc) is 3.51. The summed E-state index contributed by atoms with van der Waals surface area (Å²) in [6.07, 6.45) is 5.37. The summed E-state index contributed by atoms with van der Waals surface area (Å²) in [7, 11) is 0. The van der Waals surface area contributed by atoms with Gasteiger partial charge in [-0.1, -0.05) is 0 Å². The van der Waals surface area contributed by atoms with Crippen molar-refractivity contribution < 1.29 is 0 Å². The molecule has 0 aliphatic rings. The number of imidazole rings is 3. The van der Waals surface area contributed by atoms with Crippen LogP contribution in [0.4, 0.5) is 0 Å². The van der Waals surface area contributed by atoms with Gasteiger partial charge in [0.2, 0.25) is 0 Å². The molecule has 0 N–H and O–H groups in total. The zero-order chi connectivity index (χ0) is 24.4. The van der Waals surface area contributed by atoms with Crippen molar-refractivity contribution in [3.63, 3.8) is 0 Å². The van der Waals surface area contributed by atoms with Crippen molar-refractivity contribution in [2.24, 2.45) is 0 Å². The number of hydrogen-bond donors (Lipinski definition) is 0. The van der Waals surface area contributed by atoms with Crippen LogP contribution in [-0.2, 0) is 0 Å². The first-order valence-corrected chi connectivity index (χ1v) is 11.6. The number of hydrogen-bond acceptors (Lipinski definition) is 6. The fourth-order valence-corrected chi connectivity index (χ4v) is 4.97. The van der Waals surface area contributed by atoms with E-state index in [2.05, 4.69) is 46.9 Å². The van der Waals surface area contributed by atoms with Crippen LogP contribution in [0.3, 0.4) is 0 Å². The van der Waals surface area contributed by atoms with Gasteiger partial charge in [0.1, 0.15) is 34.0 Å². The monoisotopic (exact) mass is 471 g/mol. The van der Waals surface area contributed by atoms with Crippen LogP contribution in [0, 0.1) is 20.8 Å². The van der Waals surface area contributed by atoms with Gasteiger partial charge in [0.25, 0.3) is 0 Å². The van der Waals surface area contributed by atoms with E-state index in [1.54, 1.807) is 18.6 Å². The molecular weight excluding hydrogens is 450 g/mol. The smallest absolute Gasteiger partial charge is 0.164 e. The Morgan fingerprint density at radius 2 is 0.778 bits per heavy atom. The van der Waals surface area contributed by atoms with Crippen LogP contribution in [0.2, 0.25) is 0 Å². The average molecular weight is 472 g/mol. The van der Waals surface area contributed by atoms with Crippen molar-refractivity contribution in [2.45, 2.75) is 20.8 Å². The lowest BCUT2D eigenvalue weighted by Crippen LogP contribution is -2.06.